The second-order valence-corrected chi connectivity index (χ2v) is 6.83. The van der Waals surface area contributed by atoms with Crippen molar-refractivity contribution in [2.75, 3.05) is 6.61 Å². The van der Waals surface area contributed by atoms with Crippen LogP contribution in [-0.2, 0) is 6.18 Å². The van der Waals surface area contributed by atoms with Crippen LogP contribution in [0.25, 0.3) is 22.0 Å². The van der Waals surface area contributed by atoms with Gasteiger partial charge in [0.1, 0.15) is 11.4 Å². The van der Waals surface area contributed by atoms with Gasteiger partial charge in [0, 0.05) is 23.8 Å². The molecule has 0 atom stereocenters. The first-order valence-electron chi connectivity index (χ1n) is 9.10. The van der Waals surface area contributed by atoms with Crippen LogP contribution >= 0.6 is 0 Å². The third-order valence-corrected chi connectivity index (χ3v) is 4.87. The Labute approximate surface area is 159 Å². The van der Waals surface area contributed by atoms with Gasteiger partial charge in [-0.1, -0.05) is 6.07 Å². The van der Waals surface area contributed by atoms with Crippen LogP contribution in [0.15, 0.2) is 36.5 Å². The molecule has 146 valence electrons. The van der Waals surface area contributed by atoms with Crippen molar-refractivity contribution >= 4 is 16.8 Å². The normalized spacial score (nSPS) is 22.7. The summed E-state index contributed by atoms with van der Waals surface area (Å²) in [5, 5.41) is 14.3. The van der Waals surface area contributed by atoms with E-state index < -0.39 is 29.5 Å². The van der Waals surface area contributed by atoms with Gasteiger partial charge >= 0.3 is 6.18 Å². The van der Waals surface area contributed by atoms with E-state index in [1.54, 1.807) is 24.4 Å². The number of alkyl halides is 3. The highest BCUT2D eigenvalue weighted by Gasteiger charge is 2.34. The van der Waals surface area contributed by atoms with Crippen LogP contribution in [0.3, 0.4) is 0 Å². The smallest absolute Gasteiger partial charge is 0.396 e. The molecule has 3 N–H and O–H groups in total. The zero-order valence-corrected chi connectivity index (χ0v) is 14.6. The number of rotatable bonds is 4. The number of halogens is 3. The second kappa shape index (κ2) is 6.59. The van der Waals surface area contributed by atoms with Crippen LogP contribution < -0.4 is 5.73 Å². The van der Waals surface area contributed by atoms with Crippen molar-refractivity contribution in [3.8, 4) is 11.1 Å². The van der Waals surface area contributed by atoms with E-state index in [9.17, 15) is 23.1 Å². The third-order valence-electron chi connectivity index (χ3n) is 4.87. The van der Waals surface area contributed by atoms with Crippen molar-refractivity contribution in [2.45, 2.75) is 25.0 Å². The Balaban J connectivity index is 1.74. The van der Waals surface area contributed by atoms with Gasteiger partial charge in [-0.2, -0.15) is 18.3 Å². The Kier molecular flexibility index (Phi) is 4.04. The topological polar surface area (TPSA) is 94.0 Å². The van der Waals surface area contributed by atoms with Gasteiger partial charge in [0.05, 0.1) is 12.9 Å². The molecule has 1 saturated carbocycles. The molecule has 2 heterocycles. The van der Waals surface area contributed by atoms with E-state index in [4.69, 9.17) is 7.10 Å². The number of pyridine rings is 1. The first-order chi connectivity index (χ1) is 13.6. The van der Waals surface area contributed by atoms with E-state index in [-0.39, 0.29) is 18.1 Å². The average molecular weight is 391 g/mol. The van der Waals surface area contributed by atoms with Crippen LogP contribution in [0, 0.1) is 5.92 Å². The van der Waals surface area contributed by atoms with Crippen LogP contribution in [0.1, 0.15) is 36.4 Å². The Morgan fingerprint density at radius 2 is 2.07 bits per heavy atom. The van der Waals surface area contributed by atoms with Crippen LogP contribution in [-0.4, -0.2) is 32.4 Å². The number of aliphatic hydroxyl groups is 1. The fourth-order valence-electron chi connectivity index (χ4n) is 3.32. The largest absolute Gasteiger partial charge is 0.433 e. The Morgan fingerprint density at radius 1 is 1.32 bits per heavy atom. The number of primary amides is 1. The number of fused-ring (bicyclic) bond motifs is 1. The Bertz CT molecular complexity index is 1110. The monoisotopic (exact) mass is 391 g/mol. The Hall–Kier alpha value is -2.94. The van der Waals surface area contributed by atoms with E-state index >= 15 is 0 Å². The highest BCUT2D eigenvalue weighted by molar-refractivity contribution is 5.99. The highest BCUT2D eigenvalue weighted by atomic mass is 19.4. The molecular formula is C19H17F3N4O2. The number of aromatic nitrogens is 3. The van der Waals surface area contributed by atoms with E-state index in [2.05, 4.69) is 10.1 Å². The molecule has 0 spiro atoms. The summed E-state index contributed by atoms with van der Waals surface area (Å²) in [5.41, 5.74) is 4.86. The number of nitrogens with zero attached hydrogens (tertiary/aromatic N) is 3. The van der Waals surface area contributed by atoms with Gasteiger partial charge in [0.25, 0.3) is 5.91 Å². The highest BCUT2D eigenvalue weighted by Crippen LogP contribution is 2.38. The molecule has 0 aliphatic heterocycles. The molecule has 3 aromatic rings. The number of benzene rings is 1. The standard InChI is InChI=1S/C19H17F3N4O2/c20-19(21,22)16-4-2-14(17(24-16)18(23)28)11-1-3-15-12(7-11)8-26(25-15)13-5-10(6-13)9-27/h1-4,7-8,10,13,27H,5-6,9H2,(H2,23,28)/i13D. The number of carbonyl (C=O) groups excluding carboxylic acids is 1. The molecular weight excluding hydrogens is 373 g/mol. The van der Waals surface area contributed by atoms with Crippen LogP contribution in [0.4, 0.5) is 13.2 Å². The lowest BCUT2D eigenvalue weighted by molar-refractivity contribution is -0.141. The molecule has 4 rings (SSSR count). The van der Waals surface area contributed by atoms with E-state index in [0.29, 0.717) is 29.3 Å². The lowest BCUT2D eigenvalue weighted by atomic mass is 9.81. The molecule has 0 radical (unpaired) electrons. The van der Waals surface area contributed by atoms with Crippen LogP contribution in [0.5, 0.6) is 0 Å². The Morgan fingerprint density at radius 3 is 2.71 bits per heavy atom. The molecule has 0 unspecified atom stereocenters. The quantitative estimate of drug-likeness (QED) is 0.714. The van der Waals surface area contributed by atoms with Gasteiger partial charge in [-0.3, -0.25) is 9.48 Å². The lowest BCUT2D eigenvalue weighted by Gasteiger charge is -2.33. The lowest BCUT2D eigenvalue weighted by Crippen LogP contribution is -2.29. The number of carbonyl (C=O) groups is 1. The summed E-state index contributed by atoms with van der Waals surface area (Å²) < 4.78 is 48.8. The molecule has 1 amide bonds. The van der Waals surface area contributed by atoms with Crippen molar-refractivity contribution < 1.29 is 24.4 Å². The molecule has 1 aromatic carbocycles. The fourth-order valence-corrected chi connectivity index (χ4v) is 3.32. The number of nitrogens with two attached hydrogens (primary N) is 1. The second-order valence-electron chi connectivity index (χ2n) is 6.83. The SMILES string of the molecule is [2H]C1(n2cc3cc(-c4ccc(C(F)(F)F)nc4C(N)=O)ccc3n2)CC(CO)C1. The number of hydrogen-bond acceptors (Lipinski definition) is 4. The van der Waals surface area contributed by atoms with Crippen molar-refractivity contribution in [3.63, 3.8) is 0 Å². The van der Waals surface area contributed by atoms with Gasteiger partial charge in [-0.25, -0.2) is 4.98 Å². The maximum atomic E-state index is 12.9. The number of hydrogen-bond donors (Lipinski definition) is 2. The predicted octanol–water partition coefficient (Wildman–Crippen LogP) is 3.16. The van der Waals surface area contributed by atoms with E-state index in [1.807, 2.05) is 0 Å². The van der Waals surface area contributed by atoms with E-state index in [1.165, 1.54) is 10.7 Å². The zero-order valence-electron chi connectivity index (χ0n) is 15.6. The van der Waals surface area contributed by atoms with Crippen molar-refractivity contribution in [3.05, 3.63) is 47.9 Å². The van der Waals surface area contributed by atoms with Gasteiger partial charge in [0.15, 0.2) is 0 Å². The molecule has 9 heteroatoms. The van der Waals surface area contributed by atoms with Crippen LogP contribution in [0.2, 0.25) is 0 Å². The number of aliphatic hydroxyl groups excluding tert-OH is 1. The summed E-state index contributed by atoms with van der Waals surface area (Å²) >= 11 is 0. The summed E-state index contributed by atoms with van der Waals surface area (Å²) in [6.45, 7) is 0.0301. The van der Waals surface area contributed by atoms with Gasteiger partial charge < -0.3 is 10.8 Å². The summed E-state index contributed by atoms with van der Waals surface area (Å²) in [4.78, 5) is 15.1. The minimum atomic E-state index is -4.69. The average Bonchev–Trinajstić information content (AvgIpc) is 3.07. The van der Waals surface area contributed by atoms with Crippen molar-refractivity contribution in [1.82, 2.24) is 14.8 Å². The van der Waals surface area contributed by atoms with Gasteiger partial charge in [-0.05, 0) is 48.6 Å². The summed E-state index contributed by atoms with van der Waals surface area (Å²) in [7, 11) is 0. The van der Waals surface area contributed by atoms with Gasteiger partial charge in [-0.15, -0.1) is 0 Å². The molecule has 28 heavy (non-hydrogen) atoms. The first-order valence-corrected chi connectivity index (χ1v) is 8.60. The first kappa shape index (κ1) is 17.2. The third kappa shape index (κ3) is 3.22. The molecule has 0 saturated heterocycles. The fraction of sp³-hybridized carbons (Fsp3) is 0.316. The van der Waals surface area contributed by atoms with E-state index in [0.717, 1.165) is 6.07 Å². The summed E-state index contributed by atoms with van der Waals surface area (Å²) in [6, 6.07) is 5.99. The summed E-state index contributed by atoms with van der Waals surface area (Å²) in [5.74, 6) is -0.983. The molecule has 1 aliphatic rings. The van der Waals surface area contributed by atoms with Gasteiger partial charge in [0.2, 0.25) is 0 Å². The zero-order chi connectivity index (χ0) is 21.0. The molecule has 2 aromatic heterocycles. The molecule has 6 nitrogen and oxygen atoms in total. The maximum absolute atomic E-state index is 12.9. The minimum absolute atomic E-state index is 0.0301. The minimum Gasteiger partial charge on any atom is -0.396 e. The van der Waals surface area contributed by atoms with Crippen molar-refractivity contribution in [1.29, 1.82) is 0 Å². The molecule has 0 bridgehead atoms. The number of amides is 1. The maximum Gasteiger partial charge on any atom is 0.433 e. The summed E-state index contributed by atoms with van der Waals surface area (Å²) in [6.07, 6.45) is -2.04. The molecule has 1 fully saturated rings. The molecule has 1 aliphatic carbocycles. The predicted molar refractivity (Wildman–Crippen MR) is 95.3 cm³/mol. The van der Waals surface area contributed by atoms with Crippen molar-refractivity contribution in [2.24, 2.45) is 11.7 Å².